The van der Waals surface area contributed by atoms with Gasteiger partial charge in [-0.1, -0.05) is 26.0 Å². The molecule has 14 heavy (non-hydrogen) atoms. The normalized spacial score (nSPS) is 9.00. The molecule has 0 unspecified atom stereocenters. The van der Waals surface area contributed by atoms with Crippen molar-refractivity contribution in [2.24, 2.45) is 0 Å². The van der Waals surface area contributed by atoms with E-state index >= 15 is 0 Å². The van der Waals surface area contributed by atoms with Gasteiger partial charge in [-0.05, 0) is 24.8 Å². The zero-order valence-corrected chi connectivity index (χ0v) is 10.4. The molecule has 0 bridgehead atoms. The van der Waals surface area contributed by atoms with Crippen LogP contribution in [0, 0.1) is 6.92 Å². The maximum Gasteiger partial charge on any atom is 0.0769 e. The molecule has 0 spiro atoms. The van der Waals surface area contributed by atoms with Crippen molar-refractivity contribution in [2.45, 2.75) is 25.7 Å². The maximum absolute atomic E-state index is 9.28. The van der Waals surface area contributed by atoms with Crippen molar-refractivity contribution in [1.82, 2.24) is 0 Å². The lowest BCUT2D eigenvalue weighted by Crippen LogP contribution is -2.11. The van der Waals surface area contributed by atoms with Crippen molar-refractivity contribution in [3.63, 3.8) is 0 Å². The Labute approximate surface area is 90.9 Å². The van der Waals surface area contributed by atoms with Crippen LogP contribution in [0.25, 0.3) is 0 Å². The molecule has 0 saturated carbocycles. The van der Waals surface area contributed by atoms with Crippen molar-refractivity contribution in [1.29, 1.82) is 0 Å². The maximum atomic E-state index is 9.28. The van der Waals surface area contributed by atoms with E-state index in [1.54, 1.807) is 18.8 Å². The molecular weight excluding hydrogens is 194 g/mol. The van der Waals surface area contributed by atoms with Gasteiger partial charge in [-0.25, -0.2) is 0 Å². The highest BCUT2D eigenvalue weighted by Gasteiger charge is 2.05. The molecule has 1 rings (SSSR count). The summed E-state index contributed by atoms with van der Waals surface area (Å²) in [6, 6.07) is 5.88. The van der Waals surface area contributed by atoms with E-state index in [4.69, 9.17) is 0 Å². The Hall–Kier alpha value is -0.670. The number of hydrogen-bond acceptors (Lipinski definition) is 3. The first kappa shape index (κ1) is 13.3. The lowest BCUT2D eigenvalue weighted by Gasteiger charge is -2.15. The third-order valence-electron chi connectivity index (χ3n) is 1.74. The lowest BCUT2D eigenvalue weighted by atomic mass is 10.2. The van der Waals surface area contributed by atoms with Crippen LogP contribution >= 0.6 is 11.8 Å². The van der Waals surface area contributed by atoms with Gasteiger partial charge in [0.15, 0.2) is 0 Å². The SMILES string of the molecule is CC.CSc1c(C)cccc1N(C)O. The van der Waals surface area contributed by atoms with Crippen LogP contribution in [0.2, 0.25) is 0 Å². The zero-order valence-electron chi connectivity index (χ0n) is 9.53. The van der Waals surface area contributed by atoms with Crippen LogP contribution in [0.3, 0.4) is 0 Å². The number of rotatable bonds is 2. The van der Waals surface area contributed by atoms with Crippen LogP contribution in [-0.4, -0.2) is 18.5 Å². The number of aryl methyl sites for hydroxylation is 1. The number of thioether (sulfide) groups is 1. The van der Waals surface area contributed by atoms with E-state index in [2.05, 4.69) is 0 Å². The largest absolute Gasteiger partial charge is 0.289 e. The number of hydroxylamine groups is 1. The predicted octanol–water partition coefficient (Wildman–Crippen LogP) is 3.57. The van der Waals surface area contributed by atoms with Crippen molar-refractivity contribution in [3.8, 4) is 0 Å². The van der Waals surface area contributed by atoms with Crippen LogP contribution < -0.4 is 5.06 Å². The molecule has 0 radical (unpaired) electrons. The fourth-order valence-electron chi connectivity index (χ4n) is 1.16. The minimum atomic E-state index is 0.863. The highest BCUT2D eigenvalue weighted by molar-refractivity contribution is 7.98. The second-order valence-corrected chi connectivity index (χ2v) is 3.47. The van der Waals surface area contributed by atoms with Crippen LogP contribution in [0.5, 0.6) is 0 Å². The fraction of sp³-hybridized carbons (Fsp3) is 0.455. The Morgan fingerprint density at radius 1 is 1.29 bits per heavy atom. The second-order valence-electron chi connectivity index (χ2n) is 2.65. The summed E-state index contributed by atoms with van der Waals surface area (Å²) >= 11 is 1.65. The van der Waals surface area contributed by atoms with E-state index in [1.165, 1.54) is 5.56 Å². The average molecular weight is 213 g/mol. The number of anilines is 1. The quantitative estimate of drug-likeness (QED) is 0.600. The van der Waals surface area contributed by atoms with E-state index in [0.29, 0.717) is 0 Å². The molecule has 0 heterocycles. The summed E-state index contributed by atoms with van der Waals surface area (Å²) in [5, 5.41) is 10.4. The summed E-state index contributed by atoms with van der Waals surface area (Å²) in [7, 11) is 1.63. The first-order valence-corrected chi connectivity index (χ1v) is 5.95. The first-order chi connectivity index (χ1) is 6.66. The minimum Gasteiger partial charge on any atom is -0.289 e. The minimum absolute atomic E-state index is 0.863. The molecule has 80 valence electrons. The van der Waals surface area contributed by atoms with E-state index in [1.807, 2.05) is 45.2 Å². The van der Waals surface area contributed by atoms with Crippen LogP contribution in [0.15, 0.2) is 23.1 Å². The average Bonchev–Trinajstić information content (AvgIpc) is 2.20. The van der Waals surface area contributed by atoms with Gasteiger partial charge in [0.1, 0.15) is 0 Å². The van der Waals surface area contributed by atoms with Gasteiger partial charge in [0.05, 0.1) is 5.69 Å². The van der Waals surface area contributed by atoms with Gasteiger partial charge in [-0.3, -0.25) is 10.3 Å². The van der Waals surface area contributed by atoms with Crippen molar-refractivity contribution >= 4 is 17.4 Å². The van der Waals surface area contributed by atoms with Crippen molar-refractivity contribution < 1.29 is 5.21 Å². The number of hydrogen-bond donors (Lipinski definition) is 1. The van der Waals surface area contributed by atoms with Gasteiger partial charge >= 0.3 is 0 Å². The molecule has 0 aliphatic heterocycles. The highest BCUT2D eigenvalue weighted by atomic mass is 32.2. The highest BCUT2D eigenvalue weighted by Crippen LogP contribution is 2.29. The summed E-state index contributed by atoms with van der Waals surface area (Å²) in [5.41, 5.74) is 2.06. The Bertz CT molecular complexity index is 274. The van der Waals surface area contributed by atoms with Gasteiger partial charge in [0.25, 0.3) is 0 Å². The summed E-state index contributed by atoms with van der Waals surface area (Å²) in [6.07, 6.45) is 2.01. The van der Waals surface area contributed by atoms with Crippen molar-refractivity contribution in [3.05, 3.63) is 23.8 Å². The van der Waals surface area contributed by atoms with Gasteiger partial charge in [0, 0.05) is 11.9 Å². The summed E-state index contributed by atoms with van der Waals surface area (Å²) in [4.78, 5) is 1.13. The van der Waals surface area contributed by atoms with Crippen molar-refractivity contribution in [2.75, 3.05) is 18.4 Å². The zero-order chi connectivity index (χ0) is 11.1. The molecule has 0 aliphatic carbocycles. The fourth-order valence-corrected chi connectivity index (χ4v) is 1.96. The van der Waals surface area contributed by atoms with E-state index in [9.17, 15) is 5.21 Å². The molecule has 0 aliphatic rings. The first-order valence-electron chi connectivity index (χ1n) is 4.73. The molecular formula is C11H19NOS. The summed E-state index contributed by atoms with van der Waals surface area (Å²) in [6.45, 7) is 6.04. The molecule has 0 fully saturated rings. The topological polar surface area (TPSA) is 23.5 Å². The number of nitrogens with zero attached hydrogens (tertiary/aromatic N) is 1. The third kappa shape index (κ3) is 3.24. The Morgan fingerprint density at radius 3 is 2.21 bits per heavy atom. The molecule has 0 aromatic heterocycles. The van der Waals surface area contributed by atoms with E-state index in [-0.39, 0.29) is 0 Å². The number of benzene rings is 1. The monoisotopic (exact) mass is 213 g/mol. The van der Waals surface area contributed by atoms with Crippen LogP contribution in [0.4, 0.5) is 5.69 Å². The van der Waals surface area contributed by atoms with Gasteiger partial charge in [0.2, 0.25) is 0 Å². The Balaban J connectivity index is 0.000000791. The smallest absolute Gasteiger partial charge is 0.0769 e. The van der Waals surface area contributed by atoms with E-state index in [0.717, 1.165) is 15.6 Å². The molecule has 3 heteroatoms. The predicted molar refractivity (Wildman–Crippen MR) is 64.5 cm³/mol. The van der Waals surface area contributed by atoms with Crippen LogP contribution in [0.1, 0.15) is 19.4 Å². The third-order valence-corrected chi connectivity index (χ3v) is 2.68. The summed E-state index contributed by atoms with van der Waals surface area (Å²) < 4.78 is 0. The Morgan fingerprint density at radius 2 is 1.86 bits per heavy atom. The lowest BCUT2D eigenvalue weighted by molar-refractivity contribution is 0.277. The molecule has 0 atom stereocenters. The van der Waals surface area contributed by atoms with Crippen LogP contribution in [-0.2, 0) is 0 Å². The van der Waals surface area contributed by atoms with Gasteiger partial charge in [-0.15, -0.1) is 11.8 Å². The van der Waals surface area contributed by atoms with E-state index < -0.39 is 0 Å². The van der Waals surface area contributed by atoms with Gasteiger partial charge < -0.3 is 0 Å². The molecule has 2 nitrogen and oxygen atoms in total. The van der Waals surface area contributed by atoms with Gasteiger partial charge in [-0.2, -0.15) is 0 Å². The molecule has 0 saturated heterocycles. The molecule has 0 amide bonds. The Kier molecular flexibility index (Phi) is 6.41. The standard InChI is InChI=1S/C9H13NOS.C2H6/c1-7-5-4-6-8(10(2)11)9(7)12-3;1-2/h4-6,11H,1-3H3;1-2H3. The second kappa shape index (κ2) is 6.74. The molecule has 1 aromatic rings. The summed E-state index contributed by atoms with van der Waals surface area (Å²) in [5.74, 6) is 0. The molecule has 1 aromatic carbocycles. The molecule has 1 N–H and O–H groups in total.